The minimum atomic E-state index is 0.736. The van der Waals surface area contributed by atoms with Crippen LogP contribution in [0.4, 0.5) is 0 Å². The number of likely N-dealkylation sites (tertiary alicyclic amines) is 1. The molecular formula is C17H30N4OS. The lowest BCUT2D eigenvalue weighted by Crippen LogP contribution is -2.43. The molecule has 0 saturated carbocycles. The van der Waals surface area contributed by atoms with E-state index < -0.39 is 0 Å². The molecule has 0 spiro atoms. The van der Waals surface area contributed by atoms with E-state index in [-0.39, 0.29) is 0 Å². The molecule has 0 radical (unpaired) electrons. The third-order valence-corrected chi connectivity index (χ3v) is 5.06. The Morgan fingerprint density at radius 2 is 2.22 bits per heavy atom. The van der Waals surface area contributed by atoms with E-state index in [2.05, 4.69) is 45.0 Å². The fraction of sp³-hybridized carbons (Fsp3) is 0.706. The zero-order chi connectivity index (χ0) is 16.3. The number of piperidine rings is 1. The molecule has 0 unspecified atom stereocenters. The molecule has 1 aromatic rings. The molecule has 1 saturated heterocycles. The summed E-state index contributed by atoms with van der Waals surface area (Å²) >= 11 is 1.76. The van der Waals surface area contributed by atoms with Crippen LogP contribution >= 0.6 is 11.3 Å². The number of rotatable bonds is 8. The minimum Gasteiger partial charge on any atom is -0.383 e. The zero-order valence-electron chi connectivity index (χ0n) is 14.4. The SMILES string of the molecule is CCNC(=NCc1cccs1)NCC1CCN(CCOC)CC1. The molecule has 2 rings (SSSR count). The Bertz CT molecular complexity index is 441. The number of ether oxygens (including phenoxy) is 1. The topological polar surface area (TPSA) is 48.9 Å². The molecule has 0 aromatic carbocycles. The average molecular weight is 339 g/mol. The van der Waals surface area contributed by atoms with E-state index in [0.29, 0.717) is 0 Å². The van der Waals surface area contributed by atoms with Crippen LogP contribution in [0, 0.1) is 5.92 Å². The second kappa shape index (κ2) is 10.6. The van der Waals surface area contributed by atoms with Crippen LogP contribution in [0.5, 0.6) is 0 Å². The third kappa shape index (κ3) is 6.89. The molecule has 6 heteroatoms. The molecule has 1 aromatic heterocycles. The Kier molecular flexibility index (Phi) is 8.42. The monoisotopic (exact) mass is 338 g/mol. The van der Waals surface area contributed by atoms with Gasteiger partial charge in [0.05, 0.1) is 13.2 Å². The summed E-state index contributed by atoms with van der Waals surface area (Å²) in [5, 5.41) is 8.95. The lowest BCUT2D eigenvalue weighted by atomic mass is 9.97. The maximum Gasteiger partial charge on any atom is 0.191 e. The number of guanidine groups is 1. The molecule has 0 aliphatic carbocycles. The van der Waals surface area contributed by atoms with Gasteiger partial charge in [0.25, 0.3) is 0 Å². The highest BCUT2D eigenvalue weighted by Crippen LogP contribution is 2.16. The standard InChI is InChI=1S/C17H30N4OS/c1-3-18-17(20-14-16-5-4-12-23-16)19-13-15-6-8-21(9-7-15)10-11-22-2/h4-5,12,15H,3,6-11,13-14H2,1-2H3,(H2,18,19,20). The van der Waals surface area contributed by atoms with Crippen LogP contribution in [0.1, 0.15) is 24.6 Å². The second-order valence-electron chi connectivity index (χ2n) is 5.93. The first-order valence-corrected chi connectivity index (χ1v) is 9.45. The van der Waals surface area contributed by atoms with Crippen molar-refractivity contribution < 1.29 is 4.74 Å². The molecule has 1 aliphatic heterocycles. The van der Waals surface area contributed by atoms with Gasteiger partial charge in [0.2, 0.25) is 0 Å². The van der Waals surface area contributed by atoms with E-state index in [1.807, 2.05) is 0 Å². The molecule has 1 aliphatic rings. The summed E-state index contributed by atoms with van der Waals surface area (Å²) in [6, 6.07) is 4.21. The van der Waals surface area contributed by atoms with E-state index in [9.17, 15) is 0 Å². The highest BCUT2D eigenvalue weighted by Gasteiger charge is 2.18. The molecule has 2 N–H and O–H groups in total. The van der Waals surface area contributed by atoms with Crippen molar-refractivity contribution in [2.45, 2.75) is 26.3 Å². The smallest absolute Gasteiger partial charge is 0.191 e. The predicted octanol–water partition coefficient (Wildman–Crippen LogP) is 2.16. The molecule has 5 nitrogen and oxygen atoms in total. The summed E-state index contributed by atoms with van der Waals surface area (Å²) in [6.45, 7) is 9.01. The lowest BCUT2D eigenvalue weighted by Gasteiger charge is -2.32. The summed E-state index contributed by atoms with van der Waals surface area (Å²) in [7, 11) is 1.77. The van der Waals surface area contributed by atoms with E-state index in [0.717, 1.165) is 44.7 Å². The number of thiophene rings is 1. The van der Waals surface area contributed by atoms with Gasteiger partial charge in [0.15, 0.2) is 5.96 Å². The van der Waals surface area contributed by atoms with Crippen LogP contribution in [0.2, 0.25) is 0 Å². The van der Waals surface area contributed by atoms with Gasteiger partial charge in [-0.3, -0.25) is 0 Å². The lowest BCUT2D eigenvalue weighted by molar-refractivity contribution is 0.121. The van der Waals surface area contributed by atoms with Crippen molar-refractivity contribution in [3.63, 3.8) is 0 Å². The molecule has 1 fully saturated rings. The van der Waals surface area contributed by atoms with Crippen molar-refractivity contribution in [2.24, 2.45) is 10.9 Å². The van der Waals surface area contributed by atoms with Crippen molar-refractivity contribution >= 4 is 17.3 Å². The van der Waals surface area contributed by atoms with E-state index in [4.69, 9.17) is 4.74 Å². The van der Waals surface area contributed by atoms with Gasteiger partial charge in [-0.25, -0.2) is 4.99 Å². The Hall–Kier alpha value is -1.11. The van der Waals surface area contributed by atoms with Crippen LogP contribution in [0.25, 0.3) is 0 Å². The minimum absolute atomic E-state index is 0.736. The third-order valence-electron chi connectivity index (χ3n) is 4.19. The summed E-state index contributed by atoms with van der Waals surface area (Å²) in [5.41, 5.74) is 0. The first kappa shape index (κ1) is 18.2. The van der Waals surface area contributed by atoms with Gasteiger partial charge in [-0.05, 0) is 50.2 Å². The van der Waals surface area contributed by atoms with Crippen LogP contribution in [0.3, 0.4) is 0 Å². The van der Waals surface area contributed by atoms with Gasteiger partial charge in [-0.1, -0.05) is 6.07 Å². The average Bonchev–Trinajstić information content (AvgIpc) is 3.10. The number of nitrogens with one attached hydrogen (secondary N) is 2. The first-order valence-electron chi connectivity index (χ1n) is 8.57. The summed E-state index contributed by atoms with van der Waals surface area (Å²) in [4.78, 5) is 8.47. The predicted molar refractivity (Wildman–Crippen MR) is 98.2 cm³/mol. The van der Waals surface area contributed by atoms with Crippen LogP contribution < -0.4 is 10.6 Å². The largest absolute Gasteiger partial charge is 0.383 e. The molecule has 0 bridgehead atoms. The Balaban J connectivity index is 1.70. The van der Waals surface area contributed by atoms with Gasteiger partial charge in [-0.15, -0.1) is 11.3 Å². The maximum absolute atomic E-state index is 5.16. The highest BCUT2D eigenvalue weighted by atomic mass is 32.1. The molecule has 0 atom stereocenters. The number of aliphatic imine (C=N–C) groups is 1. The molecule has 23 heavy (non-hydrogen) atoms. The van der Waals surface area contributed by atoms with Gasteiger partial charge in [-0.2, -0.15) is 0 Å². The molecule has 0 amide bonds. The fourth-order valence-corrected chi connectivity index (χ4v) is 3.40. The summed E-state index contributed by atoms with van der Waals surface area (Å²) < 4.78 is 5.16. The highest BCUT2D eigenvalue weighted by molar-refractivity contribution is 7.09. The Labute approximate surface area is 144 Å². The van der Waals surface area contributed by atoms with Crippen molar-refractivity contribution in [3.8, 4) is 0 Å². The van der Waals surface area contributed by atoms with Gasteiger partial charge in [0, 0.05) is 31.6 Å². The van der Waals surface area contributed by atoms with E-state index >= 15 is 0 Å². The zero-order valence-corrected chi connectivity index (χ0v) is 15.2. The van der Waals surface area contributed by atoms with Crippen molar-refractivity contribution in [1.29, 1.82) is 0 Å². The van der Waals surface area contributed by atoms with E-state index in [1.54, 1.807) is 18.4 Å². The van der Waals surface area contributed by atoms with Crippen molar-refractivity contribution in [3.05, 3.63) is 22.4 Å². The fourth-order valence-electron chi connectivity index (χ4n) is 2.78. The van der Waals surface area contributed by atoms with E-state index in [1.165, 1.54) is 30.8 Å². The maximum atomic E-state index is 5.16. The van der Waals surface area contributed by atoms with Crippen LogP contribution in [-0.2, 0) is 11.3 Å². The van der Waals surface area contributed by atoms with Gasteiger partial charge < -0.3 is 20.3 Å². The van der Waals surface area contributed by atoms with Crippen LogP contribution in [-0.4, -0.2) is 57.3 Å². The van der Waals surface area contributed by atoms with Gasteiger partial charge >= 0.3 is 0 Å². The molecular weight excluding hydrogens is 308 g/mol. The number of hydrogen-bond donors (Lipinski definition) is 2. The van der Waals surface area contributed by atoms with Crippen LogP contribution in [0.15, 0.2) is 22.5 Å². The summed E-state index contributed by atoms with van der Waals surface area (Å²) in [6.07, 6.45) is 2.50. The van der Waals surface area contributed by atoms with Crippen molar-refractivity contribution in [1.82, 2.24) is 15.5 Å². The number of hydrogen-bond acceptors (Lipinski definition) is 4. The Morgan fingerprint density at radius 3 is 2.87 bits per heavy atom. The second-order valence-corrected chi connectivity index (χ2v) is 6.97. The quantitative estimate of drug-likeness (QED) is 0.563. The summed E-state index contributed by atoms with van der Waals surface area (Å²) in [5.74, 6) is 1.67. The number of nitrogens with zero attached hydrogens (tertiary/aromatic N) is 2. The molecule has 2 heterocycles. The Morgan fingerprint density at radius 1 is 1.39 bits per heavy atom. The first-order chi connectivity index (χ1) is 11.3. The number of methoxy groups -OCH3 is 1. The van der Waals surface area contributed by atoms with Crippen molar-refractivity contribution in [2.75, 3.05) is 46.4 Å². The molecule has 130 valence electrons. The van der Waals surface area contributed by atoms with Gasteiger partial charge in [0.1, 0.15) is 0 Å². The normalized spacial score (nSPS) is 17.4.